The molecule has 0 unspecified atom stereocenters. The van der Waals surface area contributed by atoms with Crippen LogP contribution in [0, 0.1) is 0 Å². The van der Waals surface area contributed by atoms with Crippen LogP contribution in [0.1, 0.15) is 5.56 Å². The van der Waals surface area contributed by atoms with E-state index < -0.39 is 0 Å². The minimum absolute atomic E-state index is 0.0284. The molecule has 1 aromatic heterocycles. The van der Waals surface area contributed by atoms with Gasteiger partial charge in [0.1, 0.15) is 13.2 Å². The summed E-state index contributed by atoms with van der Waals surface area (Å²) in [6.45, 7) is 2.43. The average molecular weight is 318 g/mol. The Morgan fingerprint density at radius 1 is 1.43 bits per heavy atom. The fourth-order valence-corrected chi connectivity index (χ4v) is 3.11. The summed E-state index contributed by atoms with van der Waals surface area (Å²) < 4.78 is 5.68. The number of carbonyl (C=O) groups is 2. The van der Waals surface area contributed by atoms with Crippen molar-refractivity contribution in [2.75, 3.05) is 40.3 Å². The number of amides is 2. The first-order chi connectivity index (χ1) is 11.0. The van der Waals surface area contributed by atoms with Crippen molar-refractivity contribution in [3.05, 3.63) is 30.1 Å². The highest BCUT2D eigenvalue weighted by Crippen LogP contribution is 2.24. The van der Waals surface area contributed by atoms with E-state index in [0.717, 1.165) is 18.7 Å². The number of carbonyl (C=O) groups excluding carboxylic acids is 2. The first-order valence-electron chi connectivity index (χ1n) is 7.77. The number of likely N-dealkylation sites (tertiary alicyclic amines) is 1. The van der Waals surface area contributed by atoms with Crippen LogP contribution >= 0.6 is 0 Å². The lowest BCUT2D eigenvalue weighted by Gasteiger charge is -2.36. The van der Waals surface area contributed by atoms with Crippen LogP contribution < -0.4 is 0 Å². The predicted molar refractivity (Wildman–Crippen MR) is 83.4 cm³/mol. The van der Waals surface area contributed by atoms with Crippen LogP contribution in [0.2, 0.25) is 0 Å². The van der Waals surface area contributed by atoms with Crippen LogP contribution in [-0.4, -0.2) is 84.0 Å². The van der Waals surface area contributed by atoms with Gasteiger partial charge in [0.2, 0.25) is 11.8 Å². The molecule has 0 spiro atoms. The van der Waals surface area contributed by atoms with Gasteiger partial charge in [0, 0.05) is 46.1 Å². The number of hydrogen-bond donors (Lipinski definition) is 0. The van der Waals surface area contributed by atoms with Gasteiger partial charge in [-0.3, -0.25) is 19.5 Å². The van der Waals surface area contributed by atoms with E-state index in [1.807, 2.05) is 18.3 Å². The maximum Gasteiger partial charge on any atom is 0.249 e. The number of pyridine rings is 1. The quantitative estimate of drug-likeness (QED) is 0.754. The second kappa shape index (κ2) is 6.64. The third-order valence-electron chi connectivity index (χ3n) is 4.39. The lowest BCUT2D eigenvalue weighted by molar-refractivity contribution is -0.156. The number of aromatic nitrogens is 1. The third-order valence-corrected chi connectivity index (χ3v) is 4.39. The van der Waals surface area contributed by atoms with Gasteiger partial charge in [0.15, 0.2) is 0 Å². The molecule has 0 saturated carbocycles. The van der Waals surface area contributed by atoms with Crippen molar-refractivity contribution in [1.29, 1.82) is 0 Å². The van der Waals surface area contributed by atoms with E-state index in [9.17, 15) is 9.59 Å². The Morgan fingerprint density at radius 3 is 2.96 bits per heavy atom. The molecule has 7 heteroatoms. The normalized spacial score (nSPS) is 24.6. The molecule has 0 bridgehead atoms. The van der Waals surface area contributed by atoms with Crippen LogP contribution in [0.5, 0.6) is 0 Å². The van der Waals surface area contributed by atoms with E-state index >= 15 is 0 Å². The Bertz CT molecular complexity index is 578. The van der Waals surface area contributed by atoms with Crippen molar-refractivity contribution in [1.82, 2.24) is 19.7 Å². The lowest BCUT2D eigenvalue weighted by Crippen LogP contribution is -2.56. The molecule has 2 atom stereocenters. The zero-order valence-corrected chi connectivity index (χ0v) is 13.5. The molecule has 2 amide bonds. The van der Waals surface area contributed by atoms with E-state index in [0.29, 0.717) is 6.54 Å². The summed E-state index contributed by atoms with van der Waals surface area (Å²) in [5.41, 5.74) is 1.13. The Morgan fingerprint density at radius 2 is 2.26 bits per heavy atom. The van der Waals surface area contributed by atoms with Crippen molar-refractivity contribution in [2.24, 2.45) is 0 Å². The molecular formula is C16H22N4O3. The van der Waals surface area contributed by atoms with Gasteiger partial charge in [-0.25, -0.2) is 0 Å². The summed E-state index contributed by atoms with van der Waals surface area (Å²) in [6, 6.07) is 3.89. The molecule has 2 fully saturated rings. The van der Waals surface area contributed by atoms with Gasteiger partial charge in [-0.1, -0.05) is 6.07 Å². The van der Waals surface area contributed by atoms with Crippen molar-refractivity contribution < 1.29 is 14.3 Å². The van der Waals surface area contributed by atoms with Crippen LogP contribution in [0.3, 0.4) is 0 Å². The van der Waals surface area contributed by atoms with Crippen molar-refractivity contribution in [3.8, 4) is 0 Å². The SMILES string of the molecule is CN(C)C(=O)CN1C(=O)CO[C@@H]2CN(Cc3cccnc3)C[C@@H]21. The highest BCUT2D eigenvalue weighted by molar-refractivity contribution is 5.86. The molecule has 0 N–H and O–H groups in total. The zero-order chi connectivity index (χ0) is 16.4. The largest absolute Gasteiger partial charge is 0.365 e. The Kier molecular flexibility index (Phi) is 4.58. The van der Waals surface area contributed by atoms with Gasteiger partial charge >= 0.3 is 0 Å². The van der Waals surface area contributed by atoms with E-state index in [1.54, 1.807) is 25.2 Å². The monoisotopic (exact) mass is 318 g/mol. The van der Waals surface area contributed by atoms with Gasteiger partial charge in [-0.2, -0.15) is 0 Å². The summed E-state index contributed by atoms with van der Waals surface area (Å²) in [4.78, 5) is 33.7. The minimum atomic E-state index is -0.107. The van der Waals surface area contributed by atoms with Crippen LogP contribution in [0.4, 0.5) is 0 Å². The summed E-state index contributed by atoms with van der Waals surface area (Å²) in [7, 11) is 3.40. The van der Waals surface area contributed by atoms with Crippen LogP contribution in [-0.2, 0) is 20.9 Å². The van der Waals surface area contributed by atoms with Gasteiger partial charge < -0.3 is 14.5 Å². The fourth-order valence-electron chi connectivity index (χ4n) is 3.11. The highest BCUT2D eigenvalue weighted by Gasteiger charge is 2.43. The molecule has 0 radical (unpaired) electrons. The van der Waals surface area contributed by atoms with Gasteiger partial charge in [-0.15, -0.1) is 0 Å². The van der Waals surface area contributed by atoms with E-state index in [-0.39, 0.29) is 37.1 Å². The number of hydrogen-bond acceptors (Lipinski definition) is 5. The minimum Gasteiger partial charge on any atom is -0.365 e. The van der Waals surface area contributed by atoms with Crippen molar-refractivity contribution in [3.63, 3.8) is 0 Å². The number of fused-ring (bicyclic) bond motifs is 1. The Labute approximate surface area is 135 Å². The second-order valence-corrected chi connectivity index (χ2v) is 6.28. The molecule has 3 heterocycles. The molecule has 124 valence electrons. The van der Waals surface area contributed by atoms with E-state index in [4.69, 9.17) is 4.74 Å². The first kappa shape index (κ1) is 15.9. The number of rotatable bonds is 4. The summed E-state index contributed by atoms with van der Waals surface area (Å²) in [5, 5.41) is 0. The number of morpholine rings is 1. The van der Waals surface area contributed by atoms with Crippen LogP contribution in [0.25, 0.3) is 0 Å². The molecule has 23 heavy (non-hydrogen) atoms. The second-order valence-electron chi connectivity index (χ2n) is 6.28. The van der Waals surface area contributed by atoms with Crippen molar-refractivity contribution in [2.45, 2.75) is 18.7 Å². The van der Waals surface area contributed by atoms with E-state index in [1.165, 1.54) is 4.90 Å². The number of ether oxygens (including phenoxy) is 1. The number of nitrogens with zero attached hydrogens (tertiary/aromatic N) is 4. The number of likely N-dealkylation sites (N-methyl/N-ethyl adjacent to an activating group) is 1. The van der Waals surface area contributed by atoms with Crippen molar-refractivity contribution >= 4 is 11.8 Å². The molecule has 2 aliphatic heterocycles. The Hall–Kier alpha value is -1.99. The molecule has 0 aromatic carbocycles. The van der Waals surface area contributed by atoms with E-state index in [2.05, 4.69) is 9.88 Å². The molecule has 2 aliphatic rings. The summed E-state index contributed by atoms with van der Waals surface area (Å²) in [6.07, 6.45) is 3.57. The van der Waals surface area contributed by atoms with Gasteiger partial charge in [0.05, 0.1) is 12.1 Å². The molecule has 3 rings (SSSR count). The van der Waals surface area contributed by atoms with Gasteiger partial charge in [-0.05, 0) is 11.6 Å². The van der Waals surface area contributed by atoms with Crippen LogP contribution in [0.15, 0.2) is 24.5 Å². The fraction of sp³-hybridized carbons (Fsp3) is 0.562. The van der Waals surface area contributed by atoms with Gasteiger partial charge in [0.25, 0.3) is 0 Å². The smallest absolute Gasteiger partial charge is 0.249 e. The lowest BCUT2D eigenvalue weighted by atomic mass is 10.1. The molecule has 2 saturated heterocycles. The summed E-state index contributed by atoms with van der Waals surface area (Å²) in [5.74, 6) is -0.172. The zero-order valence-electron chi connectivity index (χ0n) is 13.5. The topological polar surface area (TPSA) is 66.0 Å². The standard InChI is InChI=1S/C16H22N4O3/c1-18(2)15(21)10-20-13-8-19(7-12-4-3-5-17-6-12)9-14(13)23-11-16(20)22/h3-6,13-14H,7-11H2,1-2H3/t13-,14+/m0/s1. The molecular weight excluding hydrogens is 296 g/mol. The maximum atomic E-state index is 12.2. The highest BCUT2D eigenvalue weighted by atomic mass is 16.5. The maximum absolute atomic E-state index is 12.2. The summed E-state index contributed by atoms with van der Waals surface area (Å²) >= 11 is 0. The molecule has 7 nitrogen and oxygen atoms in total. The Balaban J connectivity index is 1.67. The molecule has 0 aliphatic carbocycles. The average Bonchev–Trinajstić information content (AvgIpc) is 2.93. The predicted octanol–water partition coefficient (Wildman–Crippen LogP) is -0.419. The first-order valence-corrected chi connectivity index (χ1v) is 7.77. The molecule has 1 aromatic rings. The third kappa shape index (κ3) is 3.51.